The standard InChI is InChI=1S/C22H15ClN2O2/c23-19-10-8-17(9-11-19)21-20(25-22(26)27-21)18-12-16(13-24-14-18)7-6-15-4-2-1-3-5-15/h1-5,8-14,20-21H,(H,25,26)/t20-,21-/m0/s1. The van der Waals surface area contributed by atoms with Crippen molar-refractivity contribution < 1.29 is 9.53 Å². The number of halogens is 1. The van der Waals surface area contributed by atoms with Crippen LogP contribution in [-0.4, -0.2) is 11.1 Å². The van der Waals surface area contributed by atoms with Crippen LogP contribution in [0.15, 0.2) is 73.1 Å². The molecule has 0 radical (unpaired) electrons. The average Bonchev–Trinajstić information content (AvgIpc) is 3.10. The third-order valence-corrected chi connectivity index (χ3v) is 4.50. The second-order valence-electron chi connectivity index (χ2n) is 6.12. The Morgan fingerprint density at radius 2 is 1.67 bits per heavy atom. The van der Waals surface area contributed by atoms with E-state index in [4.69, 9.17) is 16.3 Å². The summed E-state index contributed by atoms with van der Waals surface area (Å²) in [6.07, 6.45) is 2.51. The molecule has 0 spiro atoms. The van der Waals surface area contributed by atoms with Crippen LogP contribution in [0.25, 0.3) is 0 Å². The van der Waals surface area contributed by atoms with Gasteiger partial charge in [0.2, 0.25) is 0 Å². The van der Waals surface area contributed by atoms with Gasteiger partial charge in [-0.2, -0.15) is 0 Å². The first-order chi connectivity index (χ1) is 13.2. The zero-order chi connectivity index (χ0) is 18.6. The number of amides is 1. The molecular formula is C22H15ClN2O2. The molecule has 0 bridgehead atoms. The number of aromatic nitrogens is 1. The highest BCUT2D eigenvalue weighted by molar-refractivity contribution is 6.30. The Bertz CT molecular complexity index is 1020. The summed E-state index contributed by atoms with van der Waals surface area (Å²) in [6, 6.07) is 18.6. The van der Waals surface area contributed by atoms with Crippen molar-refractivity contribution in [3.8, 4) is 11.8 Å². The van der Waals surface area contributed by atoms with Crippen molar-refractivity contribution in [1.82, 2.24) is 10.3 Å². The van der Waals surface area contributed by atoms with Crippen molar-refractivity contribution in [1.29, 1.82) is 0 Å². The van der Waals surface area contributed by atoms with Crippen LogP contribution >= 0.6 is 11.6 Å². The van der Waals surface area contributed by atoms with Crippen molar-refractivity contribution in [3.05, 3.63) is 100 Å². The quantitative estimate of drug-likeness (QED) is 0.664. The molecule has 3 aromatic rings. The van der Waals surface area contributed by atoms with Gasteiger partial charge in [0.15, 0.2) is 6.10 Å². The van der Waals surface area contributed by atoms with Crippen molar-refractivity contribution in [2.75, 3.05) is 0 Å². The van der Waals surface area contributed by atoms with E-state index < -0.39 is 12.2 Å². The minimum Gasteiger partial charge on any atom is -0.439 e. The Hall–Kier alpha value is -3.29. The molecule has 1 aliphatic rings. The SMILES string of the molecule is O=C1N[C@@H](c2cncc(C#Cc3ccccc3)c2)[C@H](c2ccc(Cl)cc2)O1. The van der Waals surface area contributed by atoms with Crippen LogP contribution in [0.3, 0.4) is 0 Å². The molecule has 27 heavy (non-hydrogen) atoms. The Kier molecular flexibility index (Phi) is 4.78. The lowest BCUT2D eigenvalue weighted by molar-refractivity contribution is 0.132. The maximum Gasteiger partial charge on any atom is 0.408 e. The van der Waals surface area contributed by atoms with E-state index in [-0.39, 0.29) is 6.04 Å². The van der Waals surface area contributed by atoms with Gasteiger partial charge in [0.25, 0.3) is 0 Å². The fraction of sp³-hybridized carbons (Fsp3) is 0.0909. The molecule has 1 fully saturated rings. The van der Waals surface area contributed by atoms with Gasteiger partial charge in [-0.25, -0.2) is 4.79 Å². The Labute approximate surface area is 162 Å². The number of carbonyl (C=O) groups excluding carboxylic acids is 1. The van der Waals surface area contributed by atoms with Gasteiger partial charge in [-0.1, -0.05) is 53.8 Å². The van der Waals surface area contributed by atoms with Crippen molar-refractivity contribution >= 4 is 17.7 Å². The molecule has 1 saturated heterocycles. The van der Waals surface area contributed by atoms with E-state index in [2.05, 4.69) is 22.1 Å². The molecule has 1 aliphatic heterocycles. The van der Waals surface area contributed by atoms with Crippen LogP contribution < -0.4 is 5.32 Å². The third-order valence-electron chi connectivity index (χ3n) is 4.25. The molecule has 4 nitrogen and oxygen atoms in total. The lowest BCUT2D eigenvalue weighted by Crippen LogP contribution is -2.19. The van der Waals surface area contributed by atoms with E-state index in [9.17, 15) is 4.79 Å². The van der Waals surface area contributed by atoms with E-state index >= 15 is 0 Å². The molecule has 1 N–H and O–H groups in total. The second-order valence-corrected chi connectivity index (χ2v) is 6.56. The molecule has 2 heterocycles. The number of cyclic esters (lactones) is 1. The van der Waals surface area contributed by atoms with Gasteiger partial charge in [0.05, 0.1) is 0 Å². The molecular weight excluding hydrogens is 360 g/mol. The molecule has 2 atom stereocenters. The number of nitrogens with one attached hydrogen (secondary N) is 1. The monoisotopic (exact) mass is 374 g/mol. The minimum absolute atomic E-state index is 0.343. The number of hydrogen-bond donors (Lipinski definition) is 1. The predicted molar refractivity (Wildman–Crippen MR) is 103 cm³/mol. The maximum atomic E-state index is 11.9. The number of ether oxygens (including phenoxy) is 1. The van der Waals surface area contributed by atoms with Gasteiger partial charge < -0.3 is 10.1 Å². The van der Waals surface area contributed by atoms with E-state index in [1.807, 2.05) is 48.5 Å². The van der Waals surface area contributed by atoms with Crippen LogP contribution in [0.1, 0.15) is 34.4 Å². The smallest absolute Gasteiger partial charge is 0.408 e. The highest BCUT2D eigenvalue weighted by Gasteiger charge is 2.36. The van der Waals surface area contributed by atoms with Crippen LogP contribution in [0.4, 0.5) is 4.79 Å². The van der Waals surface area contributed by atoms with Gasteiger partial charge in [0, 0.05) is 28.5 Å². The third kappa shape index (κ3) is 3.94. The Balaban J connectivity index is 1.63. The summed E-state index contributed by atoms with van der Waals surface area (Å²) in [6.45, 7) is 0. The largest absolute Gasteiger partial charge is 0.439 e. The number of rotatable bonds is 2. The zero-order valence-corrected chi connectivity index (χ0v) is 15.0. The fourth-order valence-corrected chi connectivity index (χ4v) is 3.08. The number of hydrogen-bond acceptors (Lipinski definition) is 3. The summed E-state index contributed by atoms with van der Waals surface area (Å²) >= 11 is 5.96. The van der Waals surface area contributed by atoms with Crippen molar-refractivity contribution in [2.45, 2.75) is 12.1 Å². The predicted octanol–water partition coefficient (Wildman–Crippen LogP) is 4.66. The van der Waals surface area contributed by atoms with Gasteiger partial charge in [-0.3, -0.25) is 4.98 Å². The first kappa shape index (κ1) is 17.1. The van der Waals surface area contributed by atoms with Gasteiger partial charge in [-0.15, -0.1) is 0 Å². The number of nitrogens with zero attached hydrogens (tertiary/aromatic N) is 1. The zero-order valence-electron chi connectivity index (χ0n) is 14.2. The summed E-state index contributed by atoms with van der Waals surface area (Å²) < 4.78 is 5.47. The van der Waals surface area contributed by atoms with Crippen LogP contribution in [0.2, 0.25) is 5.02 Å². The highest BCUT2D eigenvalue weighted by atomic mass is 35.5. The minimum atomic E-state index is -0.458. The first-order valence-electron chi connectivity index (χ1n) is 8.44. The van der Waals surface area contributed by atoms with E-state index in [0.717, 1.165) is 22.3 Å². The summed E-state index contributed by atoms with van der Waals surface area (Å²) in [7, 11) is 0. The average molecular weight is 375 g/mol. The maximum absolute atomic E-state index is 11.9. The van der Waals surface area contributed by atoms with E-state index in [0.29, 0.717) is 5.02 Å². The highest BCUT2D eigenvalue weighted by Crippen LogP contribution is 2.36. The van der Waals surface area contributed by atoms with Gasteiger partial charge in [-0.05, 0) is 41.5 Å². The topological polar surface area (TPSA) is 51.2 Å². The molecule has 1 aromatic heterocycles. The number of carbonyl (C=O) groups is 1. The molecule has 5 heteroatoms. The Morgan fingerprint density at radius 3 is 2.44 bits per heavy atom. The van der Waals surface area contributed by atoms with Gasteiger partial charge >= 0.3 is 6.09 Å². The van der Waals surface area contributed by atoms with Crippen LogP contribution in [0.5, 0.6) is 0 Å². The second kappa shape index (κ2) is 7.53. The van der Waals surface area contributed by atoms with Crippen molar-refractivity contribution in [3.63, 3.8) is 0 Å². The summed E-state index contributed by atoms with van der Waals surface area (Å²) in [5.41, 5.74) is 3.40. The summed E-state index contributed by atoms with van der Waals surface area (Å²) in [4.78, 5) is 16.1. The molecule has 0 saturated carbocycles. The summed E-state index contributed by atoms with van der Waals surface area (Å²) in [5.74, 6) is 6.23. The summed E-state index contributed by atoms with van der Waals surface area (Å²) in [5, 5.41) is 3.48. The molecule has 2 aromatic carbocycles. The van der Waals surface area contributed by atoms with Crippen LogP contribution in [0, 0.1) is 11.8 Å². The number of pyridine rings is 1. The van der Waals surface area contributed by atoms with E-state index in [1.165, 1.54) is 0 Å². The first-order valence-corrected chi connectivity index (χ1v) is 8.81. The molecule has 132 valence electrons. The lowest BCUT2D eigenvalue weighted by Gasteiger charge is -2.17. The fourth-order valence-electron chi connectivity index (χ4n) is 2.95. The molecule has 1 amide bonds. The Morgan fingerprint density at radius 1 is 0.926 bits per heavy atom. The normalized spacial score (nSPS) is 18.2. The lowest BCUT2D eigenvalue weighted by atomic mass is 9.97. The molecule has 0 unspecified atom stereocenters. The van der Waals surface area contributed by atoms with Gasteiger partial charge in [0.1, 0.15) is 6.04 Å². The molecule has 4 rings (SSSR count). The number of alkyl carbamates (subject to hydrolysis) is 1. The molecule has 0 aliphatic carbocycles. The van der Waals surface area contributed by atoms with Crippen LogP contribution in [-0.2, 0) is 4.74 Å². The van der Waals surface area contributed by atoms with Crippen molar-refractivity contribution in [2.24, 2.45) is 0 Å². The number of benzene rings is 2. The van der Waals surface area contributed by atoms with E-state index in [1.54, 1.807) is 24.5 Å².